The fourth-order valence-corrected chi connectivity index (χ4v) is 6.21. The van der Waals surface area contributed by atoms with Gasteiger partial charge in [-0.3, -0.25) is 0 Å². The molecule has 2 fully saturated rings. The molecule has 4 nitrogen and oxygen atoms in total. The molecule has 2 N–H and O–H groups in total. The van der Waals surface area contributed by atoms with Crippen molar-refractivity contribution >= 4 is 5.97 Å². The van der Waals surface area contributed by atoms with E-state index in [2.05, 4.69) is 13.8 Å². The van der Waals surface area contributed by atoms with Crippen molar-refractivity contribution in [2.45, 2.75) is 57.8 Å². The third kappa shape index (κ3) is 2.69. The second-order valence-electron chi connectivity index (χ2n) is 9.21. The van der Waals surface area contributed by atoms with Gasteiger partial charge in [0.1, 0.15) is 17.8 Å². The summed E-state index contributed by atoms with van der Waals surface area (Å²) >= 11 is 0. The molecule has 4 atom stereocenters. The topological polar surface area (TPSA) is 66.8 Å². The maximum atomic E-state index is 12.6. The van der Waals surface area contributed by atoms with E-state index in [9.17, 15) is 15.0 Å². The lowest BCUT2D eigenvalue weighted by atomic mass is 9.54. The standard InChI is InChI=1S/C25H30O4/c1-17(26)22(27)29-21-16-20-14-15-24(21,23(20,2)3)25(28,18-10-6-4-7-11-18)19-12-8-5-9-13-19/h4-13,17,20-21,26,28H,14-16H2,1-3H3/t17-,20-,21-,24-/m0/s1. The summed E-state index contributed by atoms with van der Waals surface area (Å²) in [7, 11) is 0. The van der Waals surface area contributed by atoms with Crippen LogP contribution in [0.15, 0.2) is 60.7 Å². The monoisotopic (exact) mass is 394 g/mol. The van der Waals surface area contributed by atoms with Gasteiger partial charge in [0.2, 0.25) is 0 Å². The van der Waals surface area contributed by atoms with Gasteiger partial charge in [0.15, 0.2) is 0 Å². The first-order valence-electron chi connectivity index (χ1n) is 10.5. The molecule has 4 rings (SSSR count). The average molecular weight is 395 g/mol. The molecule has 0 unspecified atom stereocenters. The molecule has 0 aliphatic heterocycles. The Balaban J connectivity index is 1.95. The van der Waals surface area contributed by atoms with E-state index in [1.807, 2.05) is 60.7 Å². The minimum atomic E-state index is -1.33. The molecule has 4 heteroatoms. The van der Waals surface area contributed by atoms with Crippen molar-refractivity contribution in [1.29, 1.82) is 0 Å². The zero-order valence-corrected chi connectivity index (χ0v) is 17.3. The van der Waals surface area contributed by atoms with Crippen molar-refractivity contribution in [2.75, 3.05) is 0 Å². The van der Waals surface area contributed by atoms with E-state index in [1.54, 1.807) is 0 Å². The van der Waals surface area contributed by atoms with E-state index < -0.39 is 29.2 Å². The minimum Gasteiger partial charge on any atom is -0.460 e. The Bertz CT molecular complexity index is 835. The number of esters is 1. The van der Waals surface area contributed by atoms with E-state index in [0.29, 0.717) is 12.3 Å². The maximum absolute atomic E-state index is 12.6. The quantitative estimate of drug-likeness (QED) is 0.751. The zero-order valence-electron chi connectivity index (χ0n) is 17.3. The third-order valence-electron chi connectivity index (χ3n) is 7.73. The fourth-order valence-electron chi connectivity index (χ4n) is 6.21. The summed E-state index contributed by atoms with van der Waals surface area (Å²) in [6.07, 6.45) is 0.785. The van der Waals surface area contributed by atoms with Crippen molar-refractivity contribution in [3.8, 4) is 0 Å². The van der Waals surface area contributed by atoms with Gasteiger partial charge >= 0.3 is 5.97 Å². The summed E-state index contributed by atoms with van der Waals surface area (Å²) in [6.45, 7) is 5.81. The molecule has 2 bridgehead atoms. The molecule has 2 aromatic carbocycles. The van der Waals surface area contributed by atoms with Crippen LogP contribution in [0.4, 0.5) is 0 Å². The van der Waals surface area contributed by atoms with Crippen LogP contribution in [0.2, 0.25) is 0 Å². The first kappa shape index (κ1) is 20.1. The zero-order chi connectivity index (χ0) is 20.9. The lowest BCUT2D eigenvalue weighted by Gasteiger charge is -2.53. The molecule has 0 heterocycles. The van der Waals surface area contributed by atoms with Crippen LogP contribution in [0, 0.1) is 16.7 Å². The number of aliphatic hydroxyl groups excluding tert-OH is 1. The van der Waals surface area contributed by atoms with E-state index in [0.717, 1.165) is 24.0 Å². The van der Waals surface area contributed by atoms with Gasteiger partial charge < -0.3 is 14.9 Å². The van der Waals surface area contributed by atoms with Crippen molar-refractivity contribution < 1.29 is 19.7 Å². The predicted molar refractivity (Wildman–Crippen MR) is 111 cm³/mol. The maximum Gasteiger partial charge on any atom is 0.334 e. The van der Waals surface area contributed by atoms with Crippen LogP contribution in [0.1, 0.15) is 51.2 Å². The van der Waals surface area contributed by atoms with Gasteiger partial charge in [-0.05, 0) is 48.6 Å². The summed E-state index contributed by atoms with van der Waals surface area (Å²) in [4.78, 5) is 12.4. The Morgan fingerprint density at radius 3 is 2.03 bits per heavy atom. The molecule has 29 heavy (non-hydrogen) atoms. The molecule has 0 amide bonds. The normalized spacial score (nSPS) is 28.9. The van der Waals surface area contributed by atoms with Gasteiger partial charge in [-0.15, -0.1) is 0 Å². The molecule has 0 spiro atoms. The van der Waals surface area contributed by atoms with Gasteiger partial charge in [-0.1, -0.05) is 74.5 Å². The average Bonchev–Trinajstić information content (AvgIpc) is 3.11. The van der Waals surface area contributed by atoms with Gasteiger partial charge in [0, 0.05) is 5.41 Å². The van der Waals surface area contributed by atoms with Crippen LogP contribution in [0.25, 0.3) is 0 Å². The predicted octanol–water partition coefficient (Wildman–Crippen LogP) is 4.04. The Morgan fingerprint density at radius 1 is 1.07 bits per heavy atom. The van der Waals surface area contributed by atoms with E-state index in [-0.39, 0.29) is 5.41 Å². The number of fused-ring (bicyclic) bond motifs is 2. The number of hydrogen-bond acceptors (Lipinski definition) is 4. The summed E-state index contributed by atoms with van der Waals surface area (Å²) in [5.74, 6) is -0.283. The van der Waals surface area contributed by atoms with E-state index >= 15 is 0 Å². The lowest BCUT2D eigenvalue weighted by Crippen LogP contribution is -2.57. The summed E-state index contributed by atoms with van der Waals surface area (Å²) in [5.41, 5.74) is -0.664. The van der Waals surface area contributed by atoms with Gasteiger partial charge in [-0.2, -0.15) is 0 Å². The van der Waals surface area contributed by atoms with Crippen molar-refractivity contribution in [3.05, 3.63) is 71.8 Å². The smallest absolute Gasteiger partial charge is 0.334 e. The van der Waals surface area contributed by atoms with Crippen LogP contribution in [-0.4, -0.2) is 28.4 Å². The first-order valence-corrected chi connectivity index (χ1v) is 10.5. The fraction of sp³-hybridized carbons (Fsp3) is 0.480. The highest BCUT2D eigenvalue weighted by Gasteiger charge is 2.74. The first-order chi connectivity index (χ1) is 13.7. The molecular weight excluding hydrogens is 364 g/mol. The van der Waals surface area contributed by atoms with Crippen LogP contribution in [0.3, 0.4) is 0 Å². The number of ether oxygens (including phenoxy) is 1. The minimum absolute atomic E-state index is 0.253. The van der Waals surface area contributed by atoms with E-state index in [4.69, 9.17) is 4.74 Å². The Labute approximate surface area is 172 Å². The van der Waals surface area contributed by atoms with Crippen LogP contribution >= 0.6 is 0 Å². The molecule has 2 aliphatic rings. The largest absolute Gasteiger partial charge is 0.460 e. The Morgan fingerprint density at radius 2 is 1.59 bits per heavy atom. The molecule has 0 saturated heterocycles. The van der Waals surface area contributed by atoms with Crippen LogP contribution in [-0.2, 0) is 15.1 Å². The highest BCUT2D eigenvalue weighted by molar-refractivity contribution is 5.74. The van der Waals surface area contributed by atoms with Crippen molar-refractivity contribution in [1.82, 2.24) is 0 Å². The third-order valence-corrected chi connectivity index (χ3v) is 7.73. The number of carbonyl (C=O) groups excluding carboxylic acids is 1. The van der Waals surface area contributed by atoms with Crippen LogP contribution in [0.5, 0.6) is 0 Å². The highest BCUT2D eigenvalue weighted by atomic mass is 16.6. The Hall–Kier alpha value is -2.17. The number of aliphatic hydroxyl groups is 2. The lowest BCUT2D eigenvalue weighted by molar-refractivity contribution is -0.190. The second kappa shape index (κ2) is 6.96. The van der Waals surface area contributed by atoms with Crippen molar-refractivity contribution in [3.63, 3.8) is 0 Å². The number of benzene rings is 2. The Kier molecular flexibility index (Phi) is 4.83. The molecule has 154 valence electrons. The second-order valence-corrected chi connectivity index (χ2v) is 9.21. The molecule has 0 radical (unpaired) electrons. The number of rotatable bonds is 5. The van der Waals surface area contributed by atoms with Crippen LogP contribution < -0.4 is 0 Å². The molecule has 2 aromatic rings. The summed E-state index contributed by atoms with van der Waals surface area (Å²) in [5, 5.41) is 22.4. The molecular formula is C25H30O4. The van der Waals surface area contributed by atoms with Crippen molar-refractivity contribution in [2.24, 2.45) is 16.7 Å². The molecule has 2 saturated carbocycles. The summed E-state index contributed by atoms with van der Waals surface area (Å²) < 4.78 is 5.89. The highest BCUT2D eigenvalue weighted by Crippen LogP contribution is 2.73. The SMILES string of the molecule is C[C@H](O)C(=O)O[C@H]1C[C@@H]2CC[C@@]1(C(O)(c1ccccc1)c1ccccc1)C2(C)C. The number of carbonyl (C=O) groups is 1. The van der Waals surface area contributed by atoms with Gasteiger partial charge in [0.25, 0.3) is 0 Å². The molecule has 0 aromatic heterocycles. The van der Waals surface area contributed by atoms with Gasteiger partial charge in [-0.25, -0.2) is 4.79 Å². The van der Waals surface area contributed by atoms with E-state index in [1.165, 1.54) is 6.92 Å². The molecule has 2 aliphatic carbocycles. The number of hydrogen-bond donors (Lipinski definition) is 2. The summed E-state index contributed by atoms with van der Waals surface area (Å²) in [6, 6.07) is 19.4. The van der Waals surface area contributed by atoms with Gasteiger partial charge in [0.05, 0.1) is 0 Å².